The van der Waals surface area contributed by atoms with Crippen LogP contribution in [0.3, 0.4) is 0 Å². The molecule has 1 aromatic carbocycles. The lowest BCUT2D eigenvalue weighted by Gasteiger charge is -2.20. The van der Waals surface area contributed by atoms with Gasteiger partial charge in [-0.1, -0.05) is 6.07 Å². The molecule has 0 saturated heterocycles. The lowest BCUT2D eigenvalue weighted by atomic mass is 10.1. The van der Waals surface area contributed by atoms with Gasteiger partial charge in [0.25, 0.3) is 0 Å². The number of hydrogen-bond donors (Lipinski definition) is 2. The summed E-state index contributed by atoms with van der Waals surface area (Å²) in [5.74, 6) is 0. The third-order valence-electron chi connectivity index (χ3n) is 3.22. The van der Waals surface area contributed by atoms with Crippen LogP contribution in [0.25, 0.3) is 11.0 Å². The second-order valence-corrected chi connectivity index (χ2v) is 4.78. The number of aromatic amines is 2. The average Bonchev–Trinajstić information content (AvgIpc) is 2.64. The largest absolute Gasteiger partial charge is 0.323 e. The SMILES string of the molecule is CC(C)N(C)CCc1ccc2[nH]c(=O)[nH]c2c1. The minimum atomic E-state index is -0.142. The van der Waals surface area contributed by atoms with Gasteiger partial charge in [-0.2, -0.15) is 0 Å². The average molecular weight is 233 g/mol. The van der Waals surface area contributed by atoms with Crippen molar-refractivity contribution in [1.82, 2.24) is 14.9 Å². The Morgan fingerprint density at radius 1 is 1.24 bits per heavy atom. The summed E-state index contributed by atoms with van der Waals surface area (Å²) in [6, 6.07) is 6.63. The van der Waals surface area contributed by atoms with Crippen molar-refractivity contribution in [2.24, 2.45) is 0 Å². The maximum Gasteiger partial charge on any atom is 0.323 e. The fourth-order valence-electron chi connectivity index (χ4n) is 1.80. The van der Waals surface area contributed by atoms with E-state index in [1.54, 1.807) is 0 Å². The lowest BCUT2D eigenvalue weighted by Crippen LogP contribution is -2.28. The number of hydrogen-bond acceptors (Lipinski definition) is 2. The van der Waals surface area contributed by atoms with Crippen molar-refractivity contribution in [1.29, 1.82) is 0 Å². The molecule has 0 aliphatic carbocycles. The van der Waals surface area contributed by atoms with Crippen LogP contribution in [0.15, 0.2) is 23.0 Å². The Bertz CT molecular complexity index is 553. The summed E-state index contributed by atoms with van der Waals surface area (Å²) in [7, 11) is 2.13. The Kier molecular flexibility index (Phi) is 3.33. The first-order chi connectivity index (χ1) is 8.06. The Balaban J connectivity index is 2.11. The molecule has 0 fully saturated rings. The van der Waals surface area contributed by atoms with Gasteiger partial charge in [0, 0.05) is 12.6 Å². The van der Waals surface area contributed by atoms with E-state index in [1.807, 2.05) is 12.1 Å². The highest BCUT2D eigenvalue weighted by atomic mass is 16.1. The fourth-order valence-corrected chi connectivity index (χ4v) is 1.80. The molecular formula is C13H19N3O. The summed E-state index contributed by atoms with van der Waals surface area (Å²) in [4.78, 5) is 19.0. The second kappa shape index (κ2) is 4.75. The van der Waals surface area contributed by atoms with E-state index in [9.17, 15) is 4.79 Å². The summed E-state index contributed by atoms with van der Waals surface area (Å²) in [6.45, 7) is 5.40. The number of rotatable bonds is 4. The Morgan fingerprint density at radius 2 is 1.94 bits per heavy atom. The molecular weight excluding hydrogens is 214 g/mol. The fraction of sp³-hybridized carbons (Fsp3) is 0.462. The Hall–Kier alpha value is -1.55. The molecule has 1 aromatic heterocycles. The molecule has 0 aliphatic heterocycles. The maximum atomic E-state index is 11.1. The van der Waals surface area contributed by atoms with Gasteiger partial charge in [-0.25, -0.2) is 4.79 Å². The molecule has 92 valence electrons. The van der Waals surface area contributed by atoms with E-state index in [0.29, 0.717) is 6.04 Å². The van der Waals surface area contributed by atoms with Crippen LogP contribution >= 0.6 is 0 Å². The summed E-state index contributed by atoms with van der Waals surface area (Å²) >= 11 is 0. The van der Waals surface area contributed by atoms with E-state index in [1.165, 1.54) is 5.56 Å². The number of nitrogens with zero attached hydrogens (tertiary/aromatic N) is 1. The zero-order valence-corrected chi connectivity index (χ0v) is 10.6. The lowest BCUT2D eigenvalue weighted by molar-refractivity contribution is 0.277. The molecule has 0 saturated carbocycles. The van der Waals surface area contributed by atoms with Crippen molar-refractivity contribution in [3.8, 4) is 0 Å². The number of likely N-dealkylation sites (N-methyl/N-ethyl adjacent to an activating group) is 1. The molecule has 17 heavy (non-hydrogen) atoms. The number of benzene rings is 1. The first kappa shape index (κ1) is 11.9. The van der Waals surface area contributed by atoms with E-state index >= 15 is 0 Å². The normalized spacial score (nSPS) is 11.8. The van der Waals surface area contributed by atoms with Crippen LogP contribution in [-0.2, 0) is 6.42 Å². The summed E-state index contributed by atoms with van der Waals surface area (Å²) in [5, 5.41) is 0. The molecule has 0 atom stereocenters. The summed E-state index contributed by atoms with van der Waals surface area (Å²) < 4.78 is 0. The molecule has 4 heteroatoms. The minimum Gasteiger partial charge on any atom is -0.306 e. The summed E-state index contributed by atoms with van der Waals surface area (Å²) in [5.41, 5.74) is 2.87. The van der Waals surface area contributed by atoms with Gasteiger partial charge in [0.2, 0.25) is 0 Å². The number of nitrogens with one attached hydrogen (secondary N) is 2. The number of H-pyrrole nitrogens is 2. The molecule has 0 amide bonds. The van der Waals surface area contributed by atoms with E-state index < -0.39 is 0 Å². The van der Waals surface area contributed by atoms with Crippen LogP contribution in [-0.4, -0.2) is 34.5 Å². The van der Waals surface area contributed by atoms with Crippen LogP contribution < -0.4 is 5.69 Å². The van der Waals surface area contributed by atoms with Gasteiger partial charge >= 0.3 is 5.69 Å². The molecule has 2 aromatic rings. The van der Waals surface area contributed by atoms with Gasteiger partial charge in [-0.3, -0.25) is 0 Å². The van der Waals surface area contributed by atoms with E-state index in [2.05, 4.69) is 41.8 Å². The Labute approximate surface area is 101 Å². The van der Waals surface area contributed by atoms with Crippen LogP contribution in [0, 0.1) is 0 Å². The van der Waals surface area contributed by atoms with Crippen LogP contribution in [0.2, 0.25) is 0 Å². The van der Waals surface area contributed by atoms with Crippen molar-refractivity contribution in [3.05, 3.63) is 34.2 Å². The molecule has 4 nitrogen and oxygen atoms in total. The highest BCUT2D eigenvalue weighted by Crippen LogP contribution is 2.11. The molecule has 1 heterocycles. The quantitative estimate of drug-likeness (QED) is 0.845. The predicted octanol–water partition coefficient (Wildman–Crippen LogP) is 1.74. The molecule has 0 spiro atoms. The van der Waals surface area contributed by atoms with Crippen molar-refractivity contribution < 1.29 is 0 Å². The molecule has 0 radical (unpaired) electrons. The molecule has 0 aliphatic rings. The molecule has 2 rings (SSSR count). The second-order valence-electron chi connectivity index (χ2n) is 4.78. The zero-order chi connectivity index (χ0) is 12.4. The smallest absolute Gasteiger partial charge is 0.306 e. The van der Waals surface area contributed by atoms with Crippen LogP contribution in [0.1, 0.15) is 19.4 Å². The van der Waals surface area contributed by atoms with Gasteiger partial charge in [-0.05, 0) is 45.0 Å². The topological polar surface area (TPSA) is 51.9 Å². The number of fused-ring (bicyclic) bond motifs is 1. The predicted molar refractivity (Wildman–Crippen MR) is 70.4 cm³/mol. The van der Waals surface area contributed by atoms with E-state index in [4.69, 9.17) is 0 Å². The third kappa shape index (κ3) is 2.77. The van der Waals surface area contributed by atoms with E-state index in [-0.39, 0.29) is 5.69 Å². The van der Waals surface area contributed by atoms with Gasteiger partial charge in [0.1, 0.15) is 0 Å². The van der Waals surface area contributed by atoms with Crippen molar-refractivity contribution >= 4 is 11.0 Å². The maximum absolute atomic E-state index is 11.1. The van der Waals surface area contributed by atoms with Gasteiger partial charge in [-0.15, -0.1) is 0 Å². The van der Waals surface area contributed by atoms with Crippen molar-refractivity contribution in [3.63, 3.8) is 0 Å². The van der Waals surface area contributed by atoms with Crippen LogP contribution in [0.5, 0.6) is 0 Å². The van der Waals surface area contributed by atoms with E-state index in [0.717, 1.165) is 24.0 Å². The monoisotopic (exact) mass is 233 g/mol. The zero-order valence-electron chi connectivity index (χ0n) is 10.6. The number of imidazole rings is 1. The Morgan fingerprint density at radius 3 is 2.65 bits per heavy atom. The van der Waals surface area contributed by atoms with Gasteiger partial charge in [0.15, 0.2) is 0 Å². The highest BCUT2D eigenvalue weighted by Gasteiger charge is 2.04. The number of aromatic nitrogens is 2. The van der Waals surface area contributed by atoms with Gasteiger partial charge < -0.3 is 14.9 Å². The minimum absolute atomic E-state index is 0.142. The first-order valence-corrected chi connectivity index (χ1v) is 5.97. The van der Waals surface area contributed by atoms with Gasteiger partial charge in [0.05, 0.1) is 11.0 Å². The standard InChI is InChI=1S/C13H19N3O/c1-9(2)16(3)7-6-10-4-5-11-12(8-10)15-13(17)14-11/h4-5,8-9H,6-7H2,1-3H3,(H2,14,15,17). The first-order valence-electron chi connectivity index (χ1n) is 5.97. The van der Waals surface area contributed by atoms with Crippen LogP contribution in [0.4, 0.5) is 0 Å². The summed E-state index contributed by atoms with van der Waals surface area (Å²) in [6.07, 6.45) is 0.998. The van der Waals surface area contributed by atoms with Crippen molar-refractivity contribution in [2.45, 2.75) is 26.3 Å². The third-order valence-corrected chi connectivity index (χ3v) is 3.22. The molecule has 0 unspecified atom stereocenters. The molecule has 0 bridgehead atoms. The van der Waals surface area contributed by atoms with Crippen molar-refractivity contribution in [2.75, 3.05) is 13.6 Å². The highest BCUT2D eigenvalue weighted by molar-refractivity contribution is 5.74. The molecule has 2 N–H and O–H groups in total.